The van der Waals surface area contributed by atoms with Gasteiger partial charge in [-0.1, -0.05) is 77.7 Å². The zero-order valence-corrected chi connectivity index (χ0v) is 18.7. The Bertz CT molecular complexity index is 929. The fourth-order valence-corrected chi connectivity index (χ4v) is 5.34. The van der Waals surface area contributed by atoms with Gasteiger partial charge in [-0.05, 0) is 29.5 Å². The lowest BCUT2D eigenvalue weighted by Crippen LogP contribution is -2.31. The molecule has 1 aromatic heterocycles. The molecule has 1 aromatic carbocycles. The quantitative estimate of drug-likeness (QED) is 0.275. The number of thiocarbonyl (C=S) groups is 1. The van der Waals surface area contributed by atoms with Crippen LogP contribution in [0.1, 0.15) is 18.9 Å². The van der Waals surface area contributed by atoms with Crippen LogP contribution < -0.4 is 5.32 Å². The van der Waals surface area contributed by atoms with Gasteiger partial charge in [-0.15, -0.1) is 10.2 Å². The van der Waals surface area contributed by atoms with Gasteiger partial charge >= 0.3 is 0 Å². The summed E-state index contributed by atoms with van der Waals surface area (Å²) in [5, 5.41) is 11.7. The van der Waals surface area contributed by atoms with Crippen LogP contribution in [0.2, 0.25) is 5.02 Å². The molecule has 2 heterocycles. The van der Waals surface area contributed by atoms with Crippen LogP contribution in [0.3, 0.4) is 0 Å². The van der Waals surface area contributed by atoms with Crippen LogP contribution in [0.5, 0.6) is 0 Å². The fraction of sp³-hybridized carbons (Fsp3) is 0.235. The standard InChI is InChI=1S/C17H15ClN4O2S4/c1-2-26-16-21-20-15(28-16)19-13(23)7-8-22-14(24)12(27-17(22)25)9-10-3-5-11(18)6-4-10/h3-6,9H,2,7-8H2,1H3,(H,19,20,23)/b12-9-. The van der Waals surface area contributed by atoms with Crippen LogP contribution >= 0.6 is 58.7 Å². The van der Waals surface area contributed by atoms with Crippen molar-refractivity contribution in [2.45, 2.75) is 17.7 Å². The molecule has 0 spiro atoms. The molecule has 1 fully saturated rings. The summed E-state index contributed by atoms with van der Waals surface area (Å²) in [4.78, 5) is 26.7. The summed E-state index contributed by atoms with van der Waals surface area (Å²) in [6, 6.07) is 7.18. The molecule has 3 rings (SSSR count). The van der Waals surface area contributed by atoms with Gasteiger partial charge in [0.1, 0.15) is 4.32 Å². The molecule has 2 amide bonds. The minimum Gasteiger partial charge on any atom is -0.300 e. The third-order valence-corrected chi connectivity index (χ3v) is 7.01. The van der Waals surface area contributed by atoms with E-state index in [9.17, 15) is 9.59 Å². The highest BCUT2D eigenvalue weighted by Gasteiger charge is 2.32. The van der Waals surface area contributed by atoms with Gasteiger partial charge in [0.05, 0.1) is 4.91 Å². The summed E-state index contributed by atoms with van der Waals surface area (Å²) < 4.78 is 1.25. The third kappa shape index (κ3) is 5.54. The Kier molecular flexibility index (Phi) is 7.47. The van der Waals surface area contributed by atoms with E-state index < -0.39 is 0 Å². The second kappa shape index (κ2) is 9.84. The van der Waals surface area contributed by atoms with E-state index in [1.165, 1.54) is 28.0 Å². The van der Waals surface area contributed by atoms with Gasteiger partial charge in [0, 0.05) is 18.0 Å². The summed E-state index contributed by atoms with van der Waals surface area (Å²) in [7, 11) is 0. The van der Waals surface area contributed by atoms with Gasteiger partial charge in [0.2, 0.25) is 11.0 Å². The molecule has 1 saturated heterocycles. The molecule has 1 aliphatic rings. The van der Waals surface area contributed by atoms with E-state index >= 15 is 0 Å². The zero-order chi connectivity index (χ0) is 20.1. The first-order valence-electron chi connectivity index (χ1n) is 8.23. The van der Waals surface area contributed by atoms with Crippen molar-refractivity contribution in [1.29, 1.82) is 0 Å². The van der Waals surface area contributed by atoms with Crippen molar-refractivity contribution in [3.8, 4) is 0 Å². The maximum absolute atomic E-state index is 12.6. The summed E-state index contributed by atoms with van der Waals surface area (Å²) in [6.07, 6.45) is 1.89. The summed E-state index contributed by atoms with van der Waals surface area (Å²) in [5.41, 5.74) is 0.861. The third-order valence-electron chi connectivity index (χ3n) is 3.52. The average Bonchev–Trinajstić information content (AvgIpc) is 3.20. The van der Waals surface area contributed by atoms with Crippen LogP contribution in [0.15, 0.2) is 33.5 Å². The maximum Gasteiger partial charge on any atom is 0.266 e. The molecule has 2 aromatic rings. The second-order valence-electron chi connectivity index (χ2n) is 5.49. The topological polar surface area (TPSA) is 75.2 Å². The molecule has 1 N–H and O–H groups in total. The SMILES string of the molecule is CCSc1nnc(NC(=O)CCN2C(=O)/C(=C/c3ccc(Cl)cc3)SC2=S)s1. The van der Waals surface area contributed by atoms with Crippen molar-refractivity contribution < 1.29 is 9.59 Å². The highest BCUT2D eigenvalue weighted by molar-refractivity contribution is 8.26. The minimum atomic E-state index is -0.236. The van der Waals surface area contributed by atoms with E-state index in [1.54, 1.807) is 30.0 Å². The minimum absolute atomic E-state index is 0.122. The van der Waals surface area contributed by atoms with Crippen LogP contribution in [-0.4, -0.2) is 43.5 Å². The van der Waals surface area contributed by atoms with Crippen molar-refractivity contribution >= 4 is 86.0 Å². The molecule has 0 bridgehead atoms. The number of halogens is 1. The Labute approximate surface area is 185 Å². The first-order valence-corrected chi connectivity index (χ1v) is 11.6. The molecular weight excluding hydrogens is 456 g/mol. The molecule has 0 atom stereocenters. The number of nitrogens with one attached hydrogen (secondary N) is 1. The Morgan fingerprint density at radius 2 is 2.11 bits per heavy atom. The fourth-order valence-electron chi connectivity index (χ4n) is 2.24. The van der Waals surface area contributed by atoms with E-state index in [-0.39, 0.29) is 24.8 Å². The number of nitrogens with zero attached hydrogens (tertiary/aromatic N) is 3. The van der Waals surface area contributed by atoms with Crippen molar-refractivity contribution in [2.24, 2.45) is 0 Å². The van der Waals surface area contributed by atoms with Gasteiger partial charge in [-0.3, -0.25) is 14.5 Å². The first-order chi connectivity index (χ1) is 13.5. The normalized spacial score (nSPS) is 15.5. The summed E-state index contributed by atoms with van der Waals surface area (Å²) >= 11 is 15.3. The van der Waals surface area contributed by atoms with Crippen LogP contribution in [-0.2, 0) is 9.59 Å². The first kappa shape index (κ1) is 21.3. The smallest absolute Gasteiger partial charge is 0.266 e. The number of aromatic nitrogens is 2. The lowest BCUT2D eigenvalue weighted by molar-refractivity contribution is -0.122. The number of anilines is 1. The van der Waals surface area contributed by atoms with E-state index in [0.29, 0.717) is 19.4 Å². The Balaban J connectivity index is 1.56. The van der Waals surface area contributed by atoms with Gasteiger partial charge in [0.25, 0.3) is 5.91 Å². The molecule has 1 aliphatic heterocycles. The summed E-state index contributed by atoms with van der Waals surface area (Å²) in [6.45, 7) is 2.23. The number of benzene rings is 1. The van der Waals surface area contributed by atoms with E-state index in [2.05, 4.69) is 15.5 Å². The predicted molar refractivity (Wildman–Crippen MR) is 121 cm³/mol. The van der Waals surface area contributed by atoms with E-state index in [0.717, 1.165) is 15.7 Å². The number of amides is 2. The monoisotopic (exact) mass is 470 g/mol. The Hall–Kier alpha value is -1.46. The number of hydrogen-bond donors (Lipinski definition) is 1. The zero-order valence-electron chi connectivity index (χ0n) is 14.7. The predicted octanol–water partition coefficient (Wildman–Crippen LogP) is 4.53. The molecule has 0 aliphatic carbocycles. The number of carbonyl (C=O) groups is 2. The van der Waals surface area contributed by atoms with E-state index in [1.807, 2.05) is 19.1 Å². The molecule has 6 nitrogen and oxygen atoms in total. The van der Waals surface area contributed by atoms with Crippen molar-refractivity contribution in [2.75, 3.05) is 17.6 Å². The molecule has 11 heteroatoms. The largest absolute Gasteiger partial charge is 0.300 e. The van der Waals surface area contributed by atoms with Crippen LogP contribution in [0.4, 0.5) is 5.13 Å². The number of carbonyl (C=O) groups excluding carboxylic acids is 2. The molecule has 0 unspecified atom stereocenters. The Morgan fingerprint density at radius 3 is 2.82 bits per heavy atom. The van der Waals surface area contributed by atoms with Gasteiger partial charge in [-0.25, -0.2) is 0 Å². The van der Waals surface area contributed by atoms with E-state index in [4.69, 9.17) is 23.8 Å². The molecule has 28 heavy (non-hydrogen) atoms. The van der Waals surface area contributed by atoms with Gasteiger partial charge in [-0.2, -0.15) is 0 Å². The van der Waals surface area contributed by atoms with Gasteiger partial charge < -0.3 is 5.32 Å². The number of thioether (sulfide) groups is 2. The van der Waals surface area contributed by atoms with Crippen molar-refractivity contribution in [1.82, 2.24) is 15.1 Å². The van der Waals surface area contributed by atoms with Crippen LogP contribution in [0, 0.1) is 0 Å². The lowest BCUT2D eigenvalue weighted by Gasteiger charge is -2.13. The average molecular weight is 471 g/mol. The lowest BCUT2D eigenvalue weighted by atomic mass is 10.2. The van der Waals surface area contributed by atoms with Crippen molar-refractivity contribution in [3.05, 3.63) is 39.8 Å². The molecule has 0 radical (unpaired) electrons. The highest BCUT2D eigenvalue weighted by atomic mass is 35.5. The summed E-state index contributed by atoms with van der Waals surface area (Å²) in [5.74, 6) is 0.455. The Morgan fingerprint density at radius 1 is 1.36 bits per heavy atom. The van der Waals surface area contributed by atoms with Crippen molar-refractivity contribution in [3.63, 3.8) is 0 Å². The number of rotatable bonds is 7. The number of hydrogen-bond acceptors (Lipinski definition) is 8. The molecule has 0 saturated carbocycles. The molecule has 146 valence electrons. The van der Waals surface area contributed by atoms with Gasteiger partial charge in [0.15, 0.2) is 4.34 Å². The molecular formula is C17H15ClN4O2S4. The highest BCUT2D eigenvalue weighted by Crippen LogP contribution is 2.33. The second-order valence-corrected chi connectivity index (χ2v) is 10.1. The maximum atomic E-state index is 12.6. The van der Waals surface area contributed by atoms with Crippen LogP contribution in [0.25, 0.3) is 6.08 Å².